The van der Waals surface area contributed by atoms with Crippen molar-refractivity contribution in [2.75, 3.05) is 6.54 Å². The van der Waals surface area contributed by atoms with Crippen molar-refractivity contribution in [3.05, 3.63) is 59.4 Å². The Balaban J connectivity index is 2.20. The highest BCUT2D eigenvalue weighted by atomic mass is 19.1. The standard InChI is InChI=1S/C15H16FN3O/c1-3-19(10-12-6-4-5-11(2)18-12)15(20)13-7-8-17-9-14(13)16/h4-9H,3,10H2,1-2H3. The molecule has 0 aliphatic carbocycles. The van der Waals surface area contributed by atoms with Crippen molar-refractivity contribution in [2.24, 2.45) is 0 Å². The Morgan fingerprint density at radius 1 is 1.35 bits per heavy atom. The van der Waals surface area contributed by atoms with Crippen LogP contribution in [0.1, 0.15) is 28.7 Å². The van der Waals surface area contributed by atoms with Gasteiger partial charge in [0.25, 0.3) is 5.91 Å². The quantitative estimate of drug-likeness (QED) is 0.860. The molecule has 0 atom stereocenters. The first-order valence-corrected chi connectivity index (χ1v) is 6.43. The molecule has 2 aromatic rings. The van der Waals surface area contributed by atoms with Gasteiger partial charge in [0.05, 0.1) is 24.0 Å². The van der Waals surface area contributed by atoms with E-state index in [1.807, 2.05) is 32.0 Å². The lowest BCUT2D eigenvalue weighted by Gasteiger charge is -2.20. The van der Waals surface area contributed by atoms with Gasteiger partial charge in [-0.3, -0.25) is 14.8 Å². The summed E-state index contributed by atoms with van der Waals surface area (Å²) in [6.45, 7) is 4.59. The molecule has 104 valence electrons. The summed E-state index contributed by atoms with van der Waals surface area (Å²) in [7, 11) is 0. The molecule has 0 bridgehead atoms. The summed E-state index contributed by atoms with van der Waals surface area (Å²) in [6, 6.07) is 7.03. The molecule has 4 nitrogen and oxygen atoms in total. The van der Waals surface area contributed by atoms with E-state index in [2.05, 4.69) is 9.97 Å². The first kappa shape index (κ1) is 14.1. The summed E-state index contributed by atoms with van der Waals surface area (Å²) in [5.41, 5.74) is 1.71. The third-order valence-electron chi connectivity index (χ3n) is 2.97. The van der Waals surface area contributed by atoms with E-state index in [9.17, 15) is 9.18 Å². The fourth-order valence-electron chi connectivity index (χ4n) is 1.93. The van der Waals surface area contributed by atoms with Gasteiger partial charge in [-0.1, -0.05) is 6.07 Å². The second-order valence-electron chi connectivity index (χ2n) is 4.45. The number of carbonyl (C=O) groups is 1. The molecule has 5 heteroatoms. The summed E-state index contributed by atoms with van der Waals surface area (Å²) >= 11 is 0. The number of carbonyl (C=O) groups excluding carboxylic acids is 1. The topological polar surface area (TPSA) is 46.1 Å². The second kappa shape index (κ2) is 6.23. The molecule has 0 spiro atoms. The minimum atomic E-state index is -0.604. The molecule has 0 fully saturated rings. The number of aryl methyl sites for hydroxylation is 1. The highest BCUT2D eigenvalue weighted by molar-refractivity contribution is 5.94. The van der Waals surface area contributed by atoms with E-state index in [1.54, 1.807) is 4.90 Å². The Bertz CT molecular complexity index is 616. The van der Waals surface area contributed by atoms with Crippen molar-refractivity contribution in [1.82, 2.24) is 14.9 Å². The van der Waals surface area contributed by atoms with Crippen LogP contribution >= 0.6 is 0 Å². The van der Waals surface area contributed by atoms with Crippen LogP contribution in [0, 0.1) is 12.7 Å². The Hall–Kier alpha value is -2.30. The van der Waals surface area contributed by atoms with E-state index < -0.39 is 5.82 Å². The first-order valence-electron chi connectivity index (χ1n) is 6.43. The molecule has 2 heterocycles. The van der Waals surface area contributed by atoms with Crippen molar-refractivity contribution >= 4 is 5.91 Å². The molecule has 1 amide bonds. The van der Waals surface area contributed by atoms with Crippen LogP contribution in [0.4, 0.5) is 4.39 Å². The number of nitrogens with zero attached hydrogens (tertiary/aromatic N) is 3. The highest BCUT2D eigenvalue weighted by Crippen LogP contribution is 2.11. The zero-order valence-electron chi connectivity index (χ0n) is 11.5. The normalized spacial score (nSPS) is 10.3. The van der Waals surface area contributed by atoms with Gasteiger partial charge in [0.1, 0.15) is 0 Å². The van der Waals surface area contributed by atoms with E-state index in [4.69, 9.17) is 0 Å². The molecule has 0 aromatic carbocycles. The van der Waals surface area contributed by atoms with Gasteiger partial charge in [0.15, 0.2) is 5.82 Å². The first-order chi connectivity index (χ1) is 9.61. The van der Waals surface area contributed by atoms with E-state index in [1.165, 1.54) is 12.3 Å². The predicted octanol–water partition coefficient (Wildman–Crippen LogP) is 2.59. The number of rotatable bonds is 4. The van der Waals surface area contributed by atoms with Crippen LogP contribution in [0.25, 0.3) is 0 Å². The van der Waals surface area contributed by atoms with Crippen LogP contribution in [0.2, 0.25) is 0 Å². The number of amides is 1. The summed E-state index contributed by atoms with van der Waals surface area (Å²) in [6.07, 6.45) is 2.46. The molecular formula is C15H16FN3O. The van der Waals surface area contributed by atoms with Gasteiger partial charge in [-0.05, 0) is 32.0 Å². The molecule has 2 rings (SSSR count). The van der Waals surface area contributed by atoms with Crippen molar-refractivity contribution in [3.8, 4) is 0 Å². The highest BCUT2D eigenvalue weighted by Gasteiger charge is 2.18. The number of pyridine rings is 2. The molecule has 0 N–H and O–H groups in total. The van der Waals surface area contributed by atoms with Crippen LogP contribution in [0.5, 0.6) is 0 Å². The lowest BCUT2D eigenvalue weighted by molar-refractivity contribution is 0.0745. The van der Waals surface area contributed by atoms with E-state index in [0.29, 0.717) is 13.1 Å². The van der Waals surface area contributed by atoms with Gasteiger partial charge in [-0.25, -0.2) is 4.39 Å². The lowest BCUT2D eigenvalue weighted by atomic mass is 10.2. The Labute approximate surface area is 117 Å². The van der Waals surface area contributed by atoms with Crippen LogP contribution in [0.15, 0.2) is 36.7 Å². The van der Waals surface area contributed by atoms with Gasteiger partial charge < -0.3 is 4.90 Å². The zero-order valence-corrected chi connectivity index (χ0v) is 11.5. The Morgan fingerprint density at radius 2 is 2.15 bits per heavy atom. The molecule has 0 saturated heterocycles. The lowest BCUT2D eigenvalue weighted by Crippen LogP contribution is -2.31. The smallest absolute Gasteiger partial charge is 0.257 e. The fourth-order valence-corrected chi connectivity index (χ4v) is 1.93. The van der Waals surface area contributed by atoms with Gasteiger partial charge in [-0.15, -0.1) is 0 Å². The van der Waals surface area contributed by atoms with Crippen molar-refractivity contribution in [2.45, 2.75) is 20.4 Å². The minimum absolute atomic E-state index is 0.0366. The molecule has 0 aliphatic rings. The number of hydrogen-bond acceptors (Lipinski definition) is 3. The molecule has 0 unspecified atom stereocenters. The van der Waals surface area contributed by atoms with E-state index in [-0.39, 0.29) is 11.5 Å². The largest absolute Gasteiger partial charge is 0.333 e. The summed E-state index contributed by atoms with van der Waals surface area (Å²) in [5.74, 6) is -0.955. The molecule has 0 saturated carbocycles. The fraction of sp³-hybridized carbons (Fsp3) is 0.267. The maximum absolute atomic E-state index is 13.6. The van der Waals surface area contributed by atoms with Crippen LogP contribution in [0.3, 0.4) is 0 Å². The summed E-state index contributed by atoms with van der Waals surface area (Å²) in [4.78, 5) is 21.9. The third kappa shape index (κ3) is 3.17. The summed E-state index contributed by atoms with van der Waals surface area (Å²) < 4.78 is 13.6. The average molecular weight is 273 g/mol. The van der Waals surface area contributed by atoms with Gasteiger partial charge in [0, 0.05) is 18.4 Å². The summed E-state index contributed by atoms with van der Waals surface area (Å²) in [5, 5.41) is 0. The van der Waals surface area contributed by atoms with Crippen LogP contribution in [-0.2, 0) is 6.54 Å². The zero-order chi connectivity index (χ0) is 14.5. The van der Waals surface area contributed by atoms with E-state index in [0.717, 1.165) is 17.6 Å². The third-order valence-corrected chi connectivity index (χ3v) is 2.97. The van der Waals surface area contributed by atoms with Crippen LogP contribution < -0.4 is 0 Å². The average Bonchev–Trinajstić information content (AvgIpc) is 2.44. The van der Waals surface area contributed by atoms with Gasteiger partial charge >= 0.3 is 0 Å². The Kier molecular flexibility index (Phi) is 4.40. The van der Waals surface area contributed by atoms with Crippen LogP contribution in [-0.4, -0.2) is 27.3 Å². The van der Waals surface area contributed by atoms with Gasteiger partial charge in [0.2, 0.25) is 0 Å². The predicted molar refractivity (Wildman–Crippen MR) is 73.6 cm³/mol. The van der Waals surface area contributed by atoms with Crippen molar-refractivity contribution < 1.29 is 9.18 Å². The molecular weight excluding hydrogens is 257 g/mol. The number of hydrogen-bond donors (Lipinski definition) is 0. The monoisotopic (exact) mass is 273 g/mol. The second-order valence-corrected chi connectivity index (χ2v) is 4.45. The molecule has 2 aromatic heterocycles. The van der Waals surface area contributed by atoms with Crippen molar-refractivity contribution in [1.29, 1.82) is 0 Å². The van der Waals surface area contributed by atoms with Crippen molar-refractivity contribution in [3.63, 3.8) is 0 Å². The minimum Gasteiger partial charge on any atom is -0.333 e. The Morgan fingerprint density at radius 3 is 2.80 bits per heavy atom. The maximum atomic E-state index is 13.6. The van der Waals surface area contributed by atoms with E-state index >= 15 is 0 Å². The maximum Gasteiger partial charge on any atom is 0.257 e. The molecule has 0 aliphatic heterocycles. The molecule has 20 heavy (non-hydrogen) atoms. The molecule has 0 radical (unpaired) electrons. The SMILES string of the molecule is CCN(Cc1cccc(C)n1)C(=O)c1ccncc1F. The number of halogens is 1. The van der Waals surface area contributed by atoms with Gasteiger partial charge in [-0.2, -0.15) is 0 Å². The number of aromatic nitrogens is 2.